The van der Waals surface area contributed by atoms with Gasteiger partial charge in [0.2, 0.25) is 0 Å². The topological polar surface area (TPSA) is 20.2 Å². The Morgan fingerprint density at radius 1 is 1.23 bits per heavy atom. The molecule has 0 bridgehead atoms. The minimum atomic E-state index is -2.61. The zero-order valence-corrected chi connectivity index (χ0v) is 8.63. The fourth-order valence-electron chi connectivity index (χ4n) is 1.53. The lowest BCUT2D eigenvalue weighted by Gasteiger charge is -2.25. The lowest BCUT2D eigenvalue weighted by Crippen LogP contribution is -2.31. The summed E-state index contributed by atoms with van der Waals surface area (Å²) in [6, 6.07) is 0. The highest BCUT2D eigenvalue weighted by Crippen LogP contribution is 2.25. The molecule has 80 valence electrons. The molecule has 0 amide bonds. The predicted molar refractivity (Wildman–Crippen MR) is 49.9 cm³/mol. The molecule has 0 aromatic rings. The van der Waals surface area contributed by atoms with Crippen LogP contribution >= 0.6 is 0 Å². The summed E-state index contributed by atoms with van der Waals surface area (Å²) in [6.45, 7) is 5.78. The summed E-state index contributed by atoms with van der Waals surface area (Å²) in [5, 5.41) is 9.23. The number of rotatable bonds is 6. The van der Waals surface area contributed by atoms with E-state index in [1.54, 1.807) is 0 Å². The van der Waals surface area contributed by atoms with Crippen molar-refractivity contribution in [2.24, 2.45) is 11.8 Å². The molecule has 13 heavy (non-hydrogen) atoms. The van der Waals surface area contributed by atoms with Crippen LogP contribution in [0.4, 0.5) is 8.78 Å². The average molecular weight is 194 g/mol. The van der Waals surface area contributed by atoms with Gasteiger partial charge in [-0.15, -0.1) is 0 Å². The highest BCUT2D eigenvalue weighted by Gasteiger charge is 2.29. The maximum Gasteiger partial charge on any atom is 0.264 e. The molecule has 0 aliphatic carbocycles. The quantitative estimate of drug-likeness (QED) is 0.689. The Morgan fingerprint density at radius 2 is 1.77 bits per heavy atom. The van der Waals surface area contributed by atoms with Crippen LogP contribution < -0.4 is 0 Å². The highest BCUT2D eigenvalue weighted by atomic mass is 19.3. The molecule has 0 radical (unpaired) electrons. The van der Waals surface area contributed by atoms with Gasteiger partial charge in [-0.2, -0.15) is 0 Å². The molecule has 3 heteroatoms. The second-order valence-electron chi connectivity index (χ2n) is 3.88. The van der Waals surface area contributed by atoms with Crippen LogP contribution in [0.3, 0.4) is 0 Å². The van der Waals surface area contributed by atoms with Gasteiger partial charge in [-0.05, 0) is 18.3 Å². The van der Waals surface area contributed by atoms with E-state index < -0.39 is 12.5 Å². The van der Waals surface area contributed by atoms with E-state index >= 15 is 0 Å². The Balaban J connectivity index is 4.07. The van der Waals surface area contributed by atoms with Crippen molar-refractivity contribution in [3.05, 3.63) is 0 Å². The minimum absolute atomic E-state index is 0.121. The van der Waals surface area contributed by atoms with Gasteiger partial charge in [0.25, 0.3) is 6.43 Å². The summed E-state index contributed by atoms with van der Waals surface area (Å²) in [6.07, 6.45) is -1.47. The van der Waals surface area contributed by atoms with Gasteiger partial charge in [-0.25, -0.2) is 8.78 Å². The molecule has 1 nitrogen and oxygen atoms in total. The fraction of sp³-hybridized carbons (Fsp3) is 1.00. The van der Waals surface area contributed by atoms with Crippen LogP contribution in [0.1, 0.15) is 40.0 Å². The molecule has 0 heterocycles. The fourth-order valence-corrected chi connectivity index (χ4v) is 1.53. The van der Waals surface area contributed by atoms with Crippen molar-refractivity contribution in [3.63, 3.8) is 0 Å². The SMILES string of the molecule is CCCCC(C(C)C)C(O)C(F)F. The summed E-state index contributed by atoms with van der Waals surface area (Å²) in [5.74, 6) is -0.143. The average Bonchev–Trinajstić information content (AvgIpc) is 2.04. The minimum Gasteiger partial charge on any atom is -0.387 e. The zero-order chi connectivity index (χ0) is 10.4. The number of hydrogen-bond acceptors (Lipinski definition) is 1. The Hall–Kier alpha value is -0.180. The van der Waals surface area contributed by atoms with Crippen molar-refractivity contribution in [2.75, 3.05) is 0 Å². The van der Waals surface area contributed by atoms with Crippen molar-refractivity contribution >= 4 is 0 Å². The molecule has 0 spiro atoms. The predicted octanol–water partition coefficient (Wildman–Crippen LogP) is 3.07. The Kier molecular flexibility index (Phi) is 6.21. The van der Waals surface area contributed by atoms with Crippen molar-refractivity contribution < 1.29 is 13.9 Å². The number of hydrogen-bond donors (Lipinski definition) is 1. The number of aliphatic hydroxyl groups excluding tert-OH is 1. The van der Waals surface area contributed by atoms with Crippen LogP contribution in [0.25, 0.3) is 0 Å². The molecule has 0 aromatic heterocycles. The van der Waals surface area contributed by atoms with Crippen molar-refractivity contribution in [1.29, 1.82) is 0 Å². The second-order valence-corrected chi connectivity index (χ2v) is 3.88. The summed E-state index contributed by atoms with van der Waals surface area (Å²) in [5.41, 5.74) is 0. The molecular weight excluding hydrogens is 174 g/mol. The zero-order valence-electron chi connectivity index (χ0n) is 8.63. The highest BCUT2D eigenvalue weighted by molar-refractivity contribution is 4.73. The van der Waals surface area contributed by atoms with Gasteiger partial charge in [-0.3, -0.25) is 0 Å². The van der Waals surface area contributed by atoms with E-state index in [1.165, 1.54) is 0 Å². The van der Waals surface area contributed by atoms with Crippen LogP contribution in [-0.4, -0.2) is 17.6 Å². The number of aliphatic hydroxyl groups is 1. The molecule has 2 unspecified atom stereocenters. The second kappa shape index (κ2) is 6.30. The molecule has 0 aromatic carbocycles. The molecule has 0 fully saturated rings. The summed E-state index contributed by atoms with van der Waals surface area (Å²) < 4.78 is 24.4. The molecule has 0 aliphatic rings. The number of alkyl halides is 2. The van der Waals surface area contributed by atoms with Gasteiger partial charge < -0.3 is 5.11 Å². The maximum absolute atomic E-state index is 12.2. The first-order valence-electron chi connectivity index (χ1n) is 4.96. The van der Waals surface area contributed by atoms with Crippen LogP contribution in [0, 0.1) is 11.8 Å². The van der Waals surface area contributed by atoms with Gasteiger partial charge in [0, 0.05) is 0 Å². The van der Waals surface area contributed by atoms with Crippen LogP contribution in [0.15, 0.2) is 0 Å². The third-order valence-corrected chi connectivity index (χ3v) is 2.44. The third-order valence-electron chi connectivity index (χ3n) is 2.44. The van der Waals surface area contributed by atoms with E-state index in [0.29, 0.717) is 6.42 Å². The van der Waals surface area contributed by atoms with Gasteiger partial charge in [0.1, 0.15) is 6.10 Å². The van der Waals surface area contributed by atoms with E-state index in [2.05, 4.69) is 0 Å². The van der Waals surface area contributed by atoms with Gasteiger partial charge in [0.05, 0.1) is 0 Å². The van der Waals surface area contributed by atoms with Gasteiger partial charge >= 0.3 is 0 Å². The monoisotopic (exact) mass is 194 g/mol. The van der Waals surface area contributed by atoms with E-state index in [-0.39, 0.29) is 11.8 Å². The molecular formula is C10H20F2O. The van der Waals surface area contributed by atoms with Crippen LogP contribution in [-0.2, 0) is 0 Å². The lowest BCUT2D eigenvalue weighted by atomic mass is 9.86. The Morgan fingerprint density at radius 3 is 2.08 bits per heavy atom. The van der Waals surface area contributed by atoms with E-state index in [0.717, 1.165) is 12.8 Å². The number of unbranched alkanes of at least 4 members (excludes halogenated alkanes) is 1. The normalized spacial score (nSPS) is 16.6. The first kappa shape index (κ1) is 12.8. The number of halogens is 2. The molecule has 0 saturated heterocycles. The van der Waals surface area contributed by atoms with Crippen molar-refractivity contribution in [1.82, 2.24) is 0 Å². The largest absolute Gasteiger partial charge is 0.387 e. The smallest absolute Gasteiger partial charge is 0.264 e. The van der Waals surface area contributed by atoms with Crippen molar-refractivity contribution in [2.45, 2.75) is 52.6 Å². The van der Waals surface area contributed by atoms with Crippen molar-refractivity contribution in [3.8, 4) is 0 Å². The Bertz CT molecular complexity index is 126. The summed E-state index contributed by atoms with van der Waals surface area (Å²) in [4.78, 5) is 0. The Labute approximate surface area is 79.1 Å². The van der Waals surface area contributed by atoms with E-state index in [4.69, 9.17) is 0 Å². The lowest BCUT2D eigenvalue weighted by molar-refractivity contribution is -0.0529. The van der Waals surface area contributed by atoms with Crippen LogP contribution in [0.2, 0.25) is 0 Å². The van der Waals surface area contributed by atoms with E-state index in [1.807, 2.05) is 20.8 Å². The van der Waals surface area contributed by atoms with Gasteiger partial charge in [-0.1, -0.05) is 33.6 Å². The van der Waals surface area contributed by atoms with Crippen LogP contribution in [0.5, 0.6) is 0 Å². The van der Waals surface area contributed by atoms with E-state index in [9.17, 15) is 13.9 Å². The molecule has 0 aliphatic heterocycles. The molecule has 2 atom stereocenters. The summed E-state index contributed by atoms with van der Waals surface area (Å²) in [7, 11) is 0. The standard InChI is InChI=1S/C10H20F2O/c1-4-5-6-8(7(2)3)9(13)10(11)12/h7-10,13H,4-6H2,1-3H3. The molecule has 1 N–H and O–H groups in total. The third kappa shape index (κ3) is 4.55. The first-order chi connectivity index (χ1) is 6.00. The van der Waals surface area contributed by atoms with Gasteiger partial charge in [0.15, 0.2) is 0 Å². The molecule has 0 rings (SSSR count). The summed E-state index contributed by atoms with van der Waals surface area (Å²) >= 11 is 0. The maximum atomic E-state index is 12.2. The first-order valence-corrected chi connectivity index (χ1v) is 4.96. The molecule has 0 saturated carbocycles.